The molecule has 2 heterocycles. The molecular weight excluding hydrogens is 407 g/mol. The topological polar surface area (TPSA) is 74.3 Å². The number of carbonyl (C=O) groups excluding carboxylic acids is 1. The fraction of sp³-hybridized carbons (Fsp3) is 0.0909. The third kappa shape index (κ3) is 3.83. The number of rotatable bonds is 3. The van der Waals surface area contributed by atoms with Crippen molar-refractivity contribution < 1.29 is 18.0 Å². The Balaban J connectivity index is 1.66. The Hall–Kier alpha value is -4.19. The first kappa shape index (κ1) is 20.1. The number of anilines is 1. The van der Waals surface area contributed by atoms with E-state index in [0.717, 1.165) is 17.7 Å². The zero-order valence-electron chi connectivity index (χ0n) is 16.1. The Morgan fingerprint density at radius 1 is 1.03 bits per heavy atom. The monoisotopic (exact) mass is 421 g/mol. The van der Waals surface area contributed by atoms with Gasteiger partial charge in [-0.1, -0.05) is 12.1 Å². The van der Waals surface area contributed by atoms with Gasteiger partial charge in [0.1, 0.15) is 5.69 Å². The quantitative estimate of drug-likeness (QED) is 0.486. The van der Waals surface area contributed by atoms with Crippen molar-refractivity contribution in [2.75, 3.05) is 11.9 Å². The average Bonchev–Trinajstić information content (AvgIpc) is 3.21. The van der Waals surface area contributed by atoms with Gasteiger partial charge in [-0.2, -0.15) is 18.4 Å². The number of alkyl halides is 3. The SMILES string of the molecule is CN(C(=O)c1cn2c(-c3ccc(C#N)cc3)cnc2cn1)c1ccc(C(F)(F)F)cc1. The highest BCUT2D eigenvalue weighted by Crippen LogP contribution is 2.30. The van der Waals surface area contributed by atoms with E-state index < -0.39 is 17.6 Å². The van der Waals surface area contributed by atoms with Crippen molar-refractivity contribution in [2.24, 2.45) is 0 Å². The lowest BCUT2D eigenvalue weighted by atomic mass is 10.1. The Labute approximate surface area is 174 Å². The van der Waals surface area contributed by atoms with Crippen LogP contribution in [0.1, 0.15) is 21.6 Å². The second-order valence-electron chi connectivity index (χ2n) is 6.74. The number of nitriles is 1. The summed E-state index contributed by atoms with van der Waals surface area (Å²) in [5.74, 6) is -0.485. The number of carbonyl (C=O) groups is 1. The van der Waals surface area contributed by atoms with Gasteiger partial charge in [-0.3, -0.25) is 9.20 Å². The first-order chi connectivity index (χ1) is 14.8. The highest BCUT2D eigenvalue weighted by Gasteiger charge is 2.30. The summed E-state index contributed by atoms with van der Waals surface area (Å²) in [6.07, 6.45) is 0.156. The Bertz CT molecular complexity index is 1300. The standard InChI is InChI=1S/C22H14F3N5O/c1-29(17-8-6-16(7-9-17)22(23,24)25)21(31)18-13-30-19(11-28-20(30)12-27-18)15-4-2-14(10-26)3-5-15/h2-9,11-13H,1H3. The molecule has 2 aromatic heterocycles. The molecule has 0 fully saturated rings. The minimum Gasteiger partial charge on any atom is -0.310 e. The number of nitrogens with zero attached hydrogens (tertiary/aromatic N) is 5. The minimum absolute atomic E-state index is 0.0998. The van der Waals surface area contributed by atoms with E-state index in [1.807, 2.05) is 0 Å². The molecule has 6 nitrogen and oxygen atoms in total. The fourth-order valence-corrected chi connectivity index (χ4v) is 3.09. The van der Waals surface area contributed by atoms with Crippen LogP contribution in [0.15, 0.2) is 67.1 Å². The lowest BCUT2D eigenvalue weighted by Gasteiger charge is -2.18. The normalized spacial score (nSPS) is 11.3. The number of hydrogen-bond donors (Lipinski definition) is 0. The molecule has 0 unspecified atom stereocenters. The number of fused-ring (bicyclic) bond motifs is 1. The van der Waals surface area contributed by atoms with Crippen LogP contribution in [0.2, 0.25) is 0 Å². The number of halogens is 3. The number of hydrogen-bond acceptors (Lipinski definition) is 4. The zero-order valence-corrected chi connectivity index (χ0v) is 16.1. The number of amides is 1. The molecule has 0 N–H and O–H groups in total. The molecule has 0 aliphatic rings. The maximum atomic E-state index is 12.9. The maximum absolute atomic E-state index is 12.9. The molecule has 1 amide bonds. The van der Waals surface area contributed by atoms with Gasteiger partial charge in [0, 0.05) is 24.5 Å². The molecule has 0 bridgehead atoms. The van der Waals surface area contributed by atoms with E-state index >= 15 is 0 Å². The van der Waals surface area contributed by atoms with Crippen molar-refractivity contribution >= 4 is 17.2 Å². The van der Waals surface area contributed by atoms with Crippen LogP contribution in [0.4, 0.5) is 18.9 Å². The van der Waals surface area contributed by atoms with E-state index in [2.05, 4.69) is 16.0 Å². The molecule has 31 heavy (non-hydrogen) atoms. The Kier molecular flexibility index (Phi) is 4.91. The fourth-order valence-electron chi connectivity index (χ4n) is 3.09. The Morgan fingerprint density at radius 3 is 2.32 bits per heavy atom. The molecule has 0 atom stereocenters. The summed E-state index contributed by atoms with van der Waals surface area (Å²) in [6.45, 7) is 0. The molecule has 0 aliphatic heterocycles. The number of imidazole rings is 1. The highest BCUT2D eigenvalue weighted by atomic mass is 19.4. The molecule has 4 aromatic rings. The summed E-state index contributed by atoms with van der Waals surface area (Å²) >= 11 is 0. The minimum atomic E-state index is -4.45. The summed E-state index contributed by atoms with van der Waals surface area (Å²) in [6, 6.07) is 13.3. The molecule has 0 saturated carbocycles. The van der Waals surface area contributed by atoms with Crippen LogP contribution in [-0.2, 0) is 6.18 Å². The van der Waals surface area contributed by atoms with Gasteiger partial charge in [0.15, 0.2) is 5.65 Å². The maximum Gasteiger partial charge on any atom is 0.416 e. The second kappa shape index (κ2) is 7.57. The summed E-state index contributed by atoms with van der Waals surface area (Å²) in [5, 5.41) is 8.96. The Morgan fingerprint density at radius 2 is 1.71 bits per heavy atom. The highest BCUT2D eigenvalue weighted by molar-refractivity contribution is 6.04. The van der Waals surface area contributed by atoms with Crippen LogP contribution < -0.4 is 4.90 Å². The lowest BCUT2D eigenvalue weighted by molar-refractivity contribution is -0.137. The van der Waals surface area contributed by atoms with Crippen LogP contribution in [-0.4, -0.2) is 27.3 Å². The van der Waals surface area contributed by atoms with Crippen molar-refractivity contribution in [2.45, 2.75) is 6.18 Å². The van der Waals surface area contributed by atoms with E-state index in [1.165, 1.54) is 36.5 Å². The van der Waals surface area contributed by atoms with Crippen LogP contribution >= 0.6 is 0 Å². The predicted molar refractivity (Wildman–Crippen MR) is 107 cm³/mol. The van der Waals surface area contributed by atoms with Crippen LogP contribution in [0, 0.1) is 11.3 Å². The first-order valence-corrected chi connectivity index (χ1v) is 9.07. The van der Waals surface area contributed by atoms with Gasteiger partial charge in [-0.25, -0.2) is 9.97 Å². The van der Waals surface area contributed by atoms with Crippen LogP contribution in [0.25, 0.3) is 16.9 Å². The molecule has 4 rings (SSSR count). The van der Waals surface area contributed by atoms with Crippen molar-refractivity contribution in [3.05, 3.63) is 83.9 Å². The number of aromatic nitrogens is 3. The second-order valence-corrected chi connectivity index (χ2v) is 6.74. The molecule has 0 aliphatic carbocycles. The van der Waals surface area contributed by atoms with Gasteiger partial charge in [-0.05, 0) is 36.4 Å². The summed E-state index contributed by atoms with van der Waals surface area (Å²) in [5.41, 5.74) is 2.16. The number of benzene rings is 2. The molecule has 0 radical (unpaired) electrons. The van der Waals surface area contributed by atoms with Crippen LogP contribution in [0.5, 0.6) is 0 Å². The van der Waals surface area contributed by atoms with E-state index in [1.54, 1.807) is 34.9 Å². The summed E-state index contributed by atoms with van der Waals surface area (Å²) < 4.78 is 40.0. The molecule has 154 valence electrons. The van der Waals surface area contributed by atoms with Crippen molar-refractivity contribution in [1.29, 1.82) is 5.26 Å². The van der Waals surface area contributed by atoms with Gasteiger partial charge in [0.05, 0.1) is 35.3 Å². The third-order valence-electron chi connectivity index (χ3n) is 4.81. The van der Waals surface area contributed by atoms with Crippen molar-refractivity contribution in [1.82, 2.24) is 14.4 Å². The predicted octanol–water partition coefficient (Wildman–Crippen LogP) is 4.56. The van der Waals surface area contributed by atoms with Gasteiger partial charge in [0.2, 0.25) is 0 Å². The van der Waals surface area contributed by atoms with Crippen molar-refractivity contribution in [3.8, 4) is 17.3 Å². The van der Waals surface area contributed by atoms with Gasteiger partial charge >= 0.3 is 6.18 Å². The molecule has 0 spiro atoms. The molecule has 9 heteroatoms. The smallest absolute Gasteiger partial charge is 0.310 e. The first-order valence-electron chi connectivity index (χ1n) is 9.07. The molecule has 2 aromatic carbocycles. The van der Waals surface area contributed by atoms with Gasteiger partial charge in [0.25, 0.3) is 5.91 Å². The van der Waals surface area contributed by atoms with E-state index in [-0.39, 0.29) is 5.69 Å². The average molecular weight is 421 g/mol. The van der Waals surface area contributed by atoms with Gasteiger partial charge in [-0.15, -0.1) is 0 Å². The third-order valence-corrected chi connectivity index (χ3v) is 4.81. The zero-order chi connectivity index (χ0) is 22.2. The van der Waals surface area contributed by atoms with Crippen molar-refractivity contribution in [3.63, 3.8) is 0 Å². The summed E-state index contributed by atoms with van der Waals surface area (Å²) in [7, 11) is 1.46. The molecular formula is C22H14F3N5O. The van der Waals surface area contributed by atoms with E-state index in [9.17, 15) is 18.0 Å². The largest absolute Gasteiger partial charge is 0.416 e. The van der Waals surface area contributed by atoms with Gasteiger partial charge < -0.3 is 4.90 Å². The summed E-state index contributed by atoms with van der Waals surface area (Å²) in [4.78, 5) is 22.5. The van der Waals surface area contributed by atoms with E-state index in [0.29, 0.717) is 22.6 Å². The molecule has 0 saturated heterocycles. The lowest BCUT2D eigenvalue weighted by Crippen LogP contribution is -2.27. The van der Waals surface area contributed by atoms with Crippen LogP contribution in [0.3, 0.4) is 0 Å². The van der Waals surface area contributed by atoms with E-state index in [4.69, 9.17) is 5.26 Å².